The Morgan fingerprint density at radius 1 is 1.12 bits per heavy atom. The minimum Gasteiger partial charge on any atom is -0.348 e. The molecule has 4 nitrogen and oxygen atoms in total. The first-order valence-corrected chi connectivity index (χ1v) is 9.70. The molecule has 0 spiro atoms. The zero-order valence-corrected chi connectivity index (χ0v) is 15.5. The first-order valence-electron chi connectivity index (χ1n) is 8.91. The maximum absolute atomic E-state index is 12.8. The summed E-state index contributed by atoms with van der Waals surface area (Å²) in [5.41, 5.74) is 2.91. The minimum atomic E-state index is 0.0488. The third kappa shape index (κ3) is 2.66. The number of hydrogen-bond acceptors (Lipinski definition) is 2. The van der Waals surface area contributed by atoms with Gasteiger partial charge in [-0.25, -0.2) is 0 Å². The van der Waals surface area contributed by atoms with Crippen LogP contribution in [0.3, 0.4) is 0 Å². The smallest absolute Gasteiger partial charge is 0.253 e. The van der Waals surface area contributed by atoms with Crippen LogP contribution in [0.5, 0.6) is 0 Å². The first kappa shape index (κ1) is 15.4. The van der Waals surface area contributed by atoms with E-state index in [1.807, 2.05) is 18.3 Å². The van der Waals surface area contributed by atoms with Crippen LogP contribution in [0, 0.1) is 5.92 Å². The lowest BCUT2D eigenvalue weighted by atomic mass is 9.84. The summed E-state index contributed by atoms with van der Waals surface area (Å²) in [6.45, 7) is 3.38. The van der Waals surface area contributed by atoms with Crippen molar-refractivity contribution >= 4 is 38.3 Å². The topological polar surface area (TPSA) is 36.8 Å². The lowest BCUT2D eigenvalue weighted by Crippen LogP contribution is -2.57. The summed E-state index contributed by atoms with van der Waals surface area (Å²) in [6.07, 6.45) is 4.38. The number of nitrogens with zero attached hydrogens (tertiary/aromatic N) is 2. The fourth-order valence-corrected chi connectivity index (χ4v) is 4.75. The molecule has 2 aromatic heterocycles. The Morgan fingerprint density at radius 2 is 1.96 bits per heavy atom. The van der Waals surface area contributed by atoms with E-state index in [1.54, 1.807) is 0 Å². The molecule has 1 N–H and O–H groups in total. The van der Waals surface area contributed by atoms with E-state index in [1.165, 1.54) is 25.9 Å². The highest BCUT2D eigenvalue weighted by atomic mass is 79.9. The molecule has 5 heteroatoms. The van der Waals surface area contributed by atoms with E-state index in [-0.39, 0.29) is 5.91 Å². The molecule has 3 aliphatic rings. The summed E-state index contributed by atoms with van der Waals surface area (Å²) in [7, 11) is 0. The van der Waals surface area contributed by atoms with Gasteiger partial charge in [0.05, 0.1) is 11.1 Å². The zero-order valence-electron chi connectivity index (χ0n) is 13.9. The summed E-state index contributed by atoms with van der Waals surface area (Å²) in [6, 6.07) is 12.7. The van der Waals surface area contributed by atoms with E-state index in [0.29, 0.717) is 12.0 Å². The molecule has 3 aliphatic heterocycles. The Bertz CT molecular complexity index is 972. The van der Waals surface area contributed by atoms with Crippen LogP contribution in [0.2, 0.25) is 0 Å². The van der Waals surface area contributed by atoms with Gasteiger partial charge in [-0.1, -0.05) is 22.0 Å². The second kappa shape index (κ2) is 5.85. The number of fused-ring (bicyclic) bond motifs is 6. The van der Waals surface area contributed by atoms with E-state index >= 15 is 0 Å². The van der Waals surface area contributed by atoms with Gasteiger partial charge >= 0.3 is 0 Å². The lowest BCUT2D eigenvalue weighted by Gasteiger charge is -2.44. The Morgan fingerprint density at radius 3 is 2.72 bits per heavy atom. The van der Waals surface area contributed by atoms with Gasteiger partial charge in [0.15, 0.2) is 0 Å². The molecule has 3 aromatic rings. The Labute approximate surface area is 154 Å². The first-order chi connectivity index (χ1) is 12.2. The molecule has 0 aliphatic carbocycles. The highest BCUT2D eigenvalue weighted by Gasteiger charge is 2.35. The number of nitrogens with one attached hydrogen (secondary N) is 1. The highest BCUT2D eigenvalue weighted by Crippen LogP contribution is 2.28. The van der Waals surface area contributed by atoms with Crippen molar-refractivity contribution in [2.24, 2.45) is 5.92 Å². The summed E-state index contributed by atoms with van der Waals surface area (Å²) in [5.74, 6) is 0.692. The molecule has 6 rings (SSSR count). The van der Waals surface area contributed by atoms with Gasteiger partial charge in [0.1, 0.15) is 0 Å². The van der Waals surface area contributed by atoms with Crippen LogP contribution in [0.25, 0.3) is 16.4 Å². The fraction of sp³-hybridized carbons (Fsp3) is 0.350. The summed E-state index contributed by atoms with van der Waals surface area (Å²) in [4.78, 5) is 15.3. The Balaban J connectivity index is 1.46. The largest absolute Gasteiger partial charge is 0.348 e. The van der Waals surface area contributed by atoms with Gasteiger partial charge < -0.3 is 14.6 Å². The van der Waals surface area contributed by atoms with Crippen molar-refractivity contribution < 1.29 is 4.79 Å². The van der Waals surface area contributed by atoms with Crippen molar-refractivity contribution in [2.75, 3.05) is 19.6 Å². The third-order valence-electron chi connectivity index (χ3n) is 5.77. The van der Waals surface area contributed by atoms with Gasteiger partial charge in [0.25, 0.3) is 5.91 Å². The van der Waals surface area contributed by atoms with Gasteiger partial charge in [-0.2, -0.15) is 0 Å². The number of aromatic nitrogens is 1. The average molecular weight is 398 g/mol. The molecule has 3 fully saturated rings. The van der Waals surface area contributed by atoms with Gasteiger partial charge in [0, 0.05) is 28.8 Å². The molecule has 3 saturated heterocycles. The molecule has 1 unspecified atom stereocenters. The molecular formula is C20H20BrN3O. The molecule has 1 aromatic carbocycles. The number of halogens is 1. The lowest BCUT2D eigenvalue weighted by molar-refractivity contribution is 0.0620. The van der Waals surface area contributed by atoms with Crippen molar-refractivity contribution in [2.45, 2.75) is 18.9 Å². The number of pyridine rings is 1. The Kier molecular flexibility index (Phi) is 3.61. The second-order valence-corrected chi connectivity index (χ2v) is 8.19. The molecular weight excluding hydrogens is 378 g/mol. The van der Waals surface area contributed by atoms with Crippen LogP contribution < -0.4 is 5.32 Å². The van der Waals surface area contributed by atoms with Crippen LogP contribution >= 0.6 is 15.9 Å². The van der Waals surface area contributed by atoms with Crippen molar-refractivity contribution in [1.82, 2.24) is 14.6 Å². The maximum atomic E-state index is 12.8. The van der Waals surface area contributed by atoms with Gasteiger partial charge in [0.2, 0.25) is 0 Å². The number of amides is 1. The third-order valence-corrected chi connectivity index (χ3v) is 6.26. The highest BCUT2D eigenvalue weighted by molar-refractivity contribution is 9.10. The van der Waals surface area contributed by atoms with E-state index in [9.17, 15) is 4.79 Å². The quantitative estimate of drug-likeness (QED) is 0.715. The van der Waals surface area contributed by atoms with Crippen LogP contribution in [0.4, 0.5) is 0 Å². The van der Waals surface area contributed by atoms with E-state index < -0.39 is 0 Å². The summed E-state index contributed by atoms with van der Waals surface area (Å²) >= 11 is 3.52. The molecule has 25 heavy (non-hydrogen) atoms. The van der Waals surface area contributed by atoms with Gasteiger partial charge in [-0.15, -0.1) is 0 Å². The Hall–Kier alpha value is -1.85. The van der Waals surface area contributed by atoms with Crippen molar-refractivity contribution in [1.29, 1.82) is 0 Å². The predicted octanol–water partition coefficient (Wildman–Crippen LogP) is 3.68. The summed E-state index contributed by atoms with van der Waals surface area (Å²) < 4.78 is 3.17. The monoisotopic (exact) mass is 397 g/mol. The SMILES string of the molecule is O=C(NC1CN2CCC1CC2)c1cc2ccc3cc(Br)ccc3n2c1. The molecule has 128 valence electrons. The normalized spacial score (nSPS) is 25.6. The van der Waals surface area contributed by atoms with Crippen LogP contribution in [0.1, 0.15) is 23.2 Å². The molecule has 0 radical (unpaired) electrons. The van der Waals surface area contributed by atoms with E-state index in [0.717, 1.165) is 33.0 Å². The van der Waals surface area contributed by atoms with E-state index in [2.05, 4.69) is 54.8 Å². The molecule has 0 saturated carbocycles. The van der Waals surface area contributed by atoms with Crippen molar-refractivity contribution in [3.8, 4) is 0 Å². The average Bonchev–Trinajstić information content (AvgIpc) is 3.07. The second-order valence-electron chi connectivity index (χ2n) is 7.28. The van der Waals surface area contributed by atoms with Crippen LogP contribution in [0.15, 0.2) is 47.1 Å². The zero-order chi connectivity index (χ0) is 17.0. The number of carbonyl (C=O) groups excluding carboxylic acids is 1. The standard InChI is InChI=1S/C20H20BrN3O/c21-16-2-4-19-14(9-16)1-3-17-10-15(11-24(17)19)20(25)22-18-12-23-7-5-13(18)6-8-23/h1-4,9-11,13,18H,5-8,12H2,(H,22,25). The molecule has 1 amide bonds. The molecule has 1 atom stereocenters. The number of hydrogen-bond donors (Lipinski definition) is 1. The number of benzene rings is 1. The number of piperidine rings is 3. The van der Waals surface area contributed by atoms with E-state index in [4.69, 9.17) is 0 Å². The minimum absolute atomic E-state index is 0.0488. The van der Waals surface area contributed by atoms with Gasteiger partial charge in [-0.05, 0) is 67.6 Å². The van der Waals surface area contributed by atoms with Crippen LogP contribution in [-0.4, -0.2) is 40.9 Å². The number of carbonyl (C=O) groups is 1. The van der Waals surface area contributed by atoms with Crippen LogP contribution in [-0.2, 0) is 0 Å². The molecule has 2 bridgehead atoms. The van der Waals surface area contributed by atoms with Crippen molar-refractivity contribution in [3.63, 3.8) is 0 Å². The fourth-order valence-electron chi connectivity index (χ4n) is 4.37. The molecule has 5 heterocycles. The van der Waals surface area contributed by atoms with Gasteiger partial charge in [-0.3, -0.25) is 4.79 Å². The number of rotatable bonds is 2. The maximum Gasteiger partial charge on any atom is 0.253 e. The predicted molar refractivity (Wildman–Crippen MR) is 103 cm³/mol. The van der Waals surface area contributed by atoms with Crippen molar-refractivity contribution in [3.05, 3.63) is 52.6 Å². The summed E-state index contributed by atoms with van der Waals surface area (Å²) in [5, 5.41) is 4.44.